The molecule has 0 bridgehead atoms. The van der Waals surface area contributed by atoms with Crippen LogP contribution in [0.25, 0.3) is 6.08 Å². The molecule has 0 saturated carbocycles. The summed E-state index contributed by atoms with van der Waals surface area (Å²) in [5.41, 5.74) is 0.772. The Morgan fingerprint density at radius 1 is 0.774 bits per heavy atom. The van der Waals surface area contributed by atoms with E-state index in [0.717, 1.165) is 16.8 Å². The van der Waals surface area contributed by atoms with Gasteiger partial charge in [-0.15, -0.1) is 0 Å². The second kappa shape index (κ2) is 7.88. The number of likely N-dealkylation sites (tertiary alicyclic amines) is 1. The van der Waals surface area contributed by atoms with Gasteiger partial charge < -0.3 is 5.32 Å². The summed E-state index contributed by atoms with van der Waals surface area (Å²) < 4.78 is 0. The first-order valence-electron chi connectivity index (χ1n) is 10.4. The summed E-state index contributed by atoms with van der Waals surface area (Å²) in [5, 5.41) is 3.44. The van der Waals surface area contributed by atoms with Crippen LogP contribution in [0.3, 0.4) is 0 Å². The molecule has 4 rings (SSSR count). The topological polar surface area (TPSA) is 49.4 Å². The molecule has 1 aliphatic rings. The van der Waals surface area contributed by atoms with E-state index in [1.165, 1.54) is 4.90 Å². The molecule has 3 aromatic rings. The van der Waals surface area contributed by atoms with Gasteiger partial charge in [-0.2, -0.15) is 0 Å². The van der Waals surface area contributed by atoms with Gasteiger partial charge in [-0.05, 0) is 50.1 Å². The maximum Gasteiger partial charge on any atom is 0.265 e. The molecule has 0 unspecified atom stereocenters. The first kappa shape index (κ1) is 20.6. The zero-order valence-corrected chi connectivity index (χ0v) is 18.0. The van der Waals surface area contributed by atoms with Gasteiger partial charge in [-0.1, -0.05) is 78.9 Å². The van der Waals surface area contributed by atoms with E-state index in [4.69, 9.17) is 0 Å². The minimum absolute atomic E-state index is 0.276. The maximum atomic E-state index is 14.1. The van der Waals surface area contributed by atoms with E-state index in [1.807, 2.05) is 118 Å². The lowest BCUT2D eigenvalue weighted by Gasteiger charge is -2.34. The fourth-order valence-electron chi connectivity index (χ4n) is 4.05. The first-order chi connectivity index (χ1) is 14.8. The molecule has 1 saturated heterocycles. The Bertz CT molecular complexity index is 1120. The molecule has 0 spiro atoms. The number of hydrogen-bond donors (Lipinski definition) is 1. The fourth-order valence-corrected chi connectivity index (χ4v) is 4.05. The zero-order valence-electron chi connectivity index (χ0n) is 18.0. The van der Waals surface area contributed by atoms with E-state index in [-0.39, 0.29) is 11.8 Å². The lowest BCUT2D eigenvalue weighted by molar-refractivity contribution is -0.144. The van der Waals surface area contributed by atoms with E-state index in [0.29, 0.717) is 5.57 Å². The molecule has 1 fully saturated rings. The molecule has 0 aromatic heterocycles. The molecule has 2 amide bonds. The predicted molar refractivity (Wildman–Crippen MR) is 124 cm³/mol. The number of anilines is 1. The van der Waals surface area contributed by atoms with Crippen molar-refractivity contribution in [3.63, 3.8) is 0 Å². The Labute approximate surface area is 183 Å². The molecule has 1 aliphatic heterocycles. The van der Waals surface area contributed by atoms with Crippen molar-refractivity contribution >= 4 is 23.6 Å². The lowest BCUT2D eigenvalue weighted by atomic mass is 9.82. The van der Waals surface area contributed by atoms with Gasteiger partial charge in [-0.3, -0.25) is 14.5 Å². The molecule has 31 heavy (non-hydrogen) atoms. The van der Waals surface area contributed by atoms with Gasteiger partial charge >= 0.3 is 0 Å². The summed E-state index contributed by atoms with van der Waals surface area (Å²) in [6.07, 6.45) is 1.83. The summed E-state index contributed by atoms with van der Waals surface area (Å²) >= 11 is 0. The predicted octanol–water partition coefficient (Wildman–Crippen LogP) is 5.24. The number of imide groups is 1. The molecular formula is C27H26N2O2. The molecule has 1 heterocycles. The van der Waals surface area contributed by atoms with Crippen LogP contribution in [0.4, 0.5) is 5.69 Å². The van der Waals surface area contributed by atoms with E-state index >= 15 is 0 Å². The molecular weight excluding hydrogens is 384 g/mol. The van der Waals surface area contributed by atoms with Crippen LogP contribution >= 0.6 is 0 Å². The van der Waals surface area contributed by atoms with E-state index in [2.05, 4.69) is 5.32 Å². The van der Waals surface area contributed by atoms with Gasteiger partial charge in [0.05, 0.1) is 5.57 Å². The summed E-state index contributed by atoms with van der Waals surface area (Å²) in [5.74, 6) is -0.559. The molecule has 0 radical (unpaired) electrons. The summed E-state index contributed by atoms with van der Waals surface area (Å²) in [4.78, 5) is 29.2. The molecule has 4 heteroatoms. The highest BCUT2D eigenvalue weighted by Gasteiger charge is 2.59. The normalized spacial score (nSPS) is 20.4. The van der Waals surface area contributed by atoms with Crippen molar-refractivity contribution in [2.45, 2.75) is 31.8 Å². The van der Waals surface area contributed by atoms with Crippen molar-refractivity contribution < 1.29 is 9.59 Å². The van der Waals surface area contributed by atoms with Gasteiger partial charge in [0.25, 0.3) is 11.8 Å². The number of benzene rings is 3. The zero-order chi connectivity index (χ0) is 22.1. The van der Waals surface area contributed by atoms with Gasteiger partial charge in [0.15, 0.2) is 5.54 Å². The van der Waals surface area contributed by atoms with Gasteiger partial charge in [0.1, 0.15) is 0 Å². The number of para-hydroxylation sites is 1. The number of carbonyl (C=O) groups excluding carboxylic acids is 2. The third-order valence-electron chi connectivity index (χ3n) is 5.46. The van der Waals surface area contributed by atoms with Crippen LogP contribution < -0.4 is 5.32 Å². The molecule has 1 N–H and O–H groups in total. The third kappa shape index (κ3) is 3.66. The first-order valence-corrected chi connectivity index (χ1v) is 10.4. The number of carbonyl (C=O) groups is 2. The van der Waals surface area contributed by atoms with Crippen LogP contribution in [0.1, 0.15) is 31.9 Å². The minimum atomic E-state index is -1.33. The van der Waals surface area contributed by atoms with Crippen molar-refractivity contribution in [1.82, 2.24) is 4.90 Å². The SMILES string of the molecule is CC(C)(C)N1C(=O)/C(=C\c2ccccc2)[C@](Nc2ccccc2)(c2ccccc2)C1=O. The van der Waals surface area contributed by atoms with Crippen molar-refractivity contribution in [2.24, 2.45) is 0 Å². The largest absolute Gasteiger partial charge is 0.364 e. The van der Waals surface area contributed by atoms with Crippen LogP contribution in [0, 0.1) is 0 Å². The number of nitrogens with one attached hydrogen (secondary N) is 1. The van der Waals surface area contributed by atoms with Crippen molar-refractivity contribution in [3.05, 3.63) is 108 Å². The Morgan fingerprint density at radius 3 is 1.84 bits per heavy atom. The second-order valence-corrected chi connectivity index (χ2v) is 8.69. The molecule has 4 nitrogen and oxygen atoms in total. The third-order valence-corrected chi connectivity index (χ3v) is 5.46. The molecule has 156 valence electrons. The lowest BCUT2D eigenvalue weighted by Crippen LogP contribution is -2.50. The Hall–Kier alpha value is -3.66. The van der Waals surface area contributed by atoms with Crippen LogP contribution in [0.5, 0.6) is 0 Å². The quantitative estimate of drug-likeness (QED) is 0.472. The average molecular weight is 411 g/mol. The average Bonchev–Trinajstić information content (AvgIpc) is 2.97. The van der Waals surface area contributed by atoms with E-state index in [1.54, 1.807) is 0 Å². The highest BCUT2D eigenvalue weighted by Crippen LogP contribution is 2.45. The highest BCUT2D eigenvalue weighted by atomic mass is 16.2. The highest BCUT2D eigenvalue weighted by molar-refractivity contribution is 6.23. The number of nitrogens with zero attached hydrogens (tertiary/aromatic N) is 1. The van der Waals surface area contributed by atoms with Gasteiger partial charge in [0.2, 0.25) is 0 Å². The minimum Gasteiger partial charge on any atom is -0.364 e. The summed E-state index contributed by atoms with van der Waals surface area (Å²) in [6, 6.07) is 28.7. The van der Waals surface area contributed by atoms with Crippen LogP contribution in [-0.2, 0) is 15.1 Å². The number of hydrogen-bond acceptors (Lipinski definition) is 3. The van der Waals surface area contributed by atoms with Crippen molar-refractivity contribution in [3.8, 4) is 0 Å². The van der Waals surface area contributed by atoms with Crippen molar-refractivity contribution in [1.29, 1.82) is 0 Å². The standard InChI is InChI=1S/C27H26N2O2/c1-26(2,3)29-24(30)23(19-20-13-7-4-8-14-20)27(25(29)31,21-15-9-5-10-16-21)28-22-17-11-6-12-18-22/h4-19,28H,1-3H3/b23-19+/t27-/m1/s1. The Kier molecular flexibility index (Phi) is 5.24. The fraction of sp³-hybridized carbons (Fsp3) is 0.185. The maximum absolute atomic E-state index is 14.1. The van der Waals surface area contributed by atoms with Gasteiger partial charge in [-0.25, -0.2) is 0 Å². The van der Waals surface area contributed by atoms with Crippen LogP contribution in [-0.4, -0.2) is 22.3 Å². The summed E-state index contributed by atoms with van der Waals surface area (Å²) in [7, 11) is 0. The van der Waals surface area contributed by atoms with Crippen LogP contribution in [0.15, 0.2) is 96.6 Å². The van der Waals surface area contributed by atoms with Gasteiger partial charge in [0, 0.05) is 11.2 Å². The van der Waals surface area contributed by atoms with E-state index in [9.17, 15) is 9.59 Å². The monoisotopic (exact) mass is 410 g/mol. The van der Waals surface area contributed by atoms with Crippen LogP contribution in [0.2, 0.25) is 0 Å². The number of amides is 2. The molecule has 1 atom stereocenters. The second-order valence-electron chi connectivity index (χ2n) is 8.69. The van der Waals surface area contributed by atoms with Crippen molar-refractivity contribution in [2.75, 3.05) is 5.32 Å². The molecule has 0 aliphatic carbocycles. The molecule has 3 aromatic carbocycles. The number of rotatable bonds is 4. The Balaban J connectivity index is 2.01. The Morgan fingerprint density at radius 2 is 1.29 bits per heavy atom. The summed E-state index contributed by atoms with van der Waals surface area (Å²) in [6.45, 7) is 5.64. The smallest absolute Gasteiger partial charge is 0.265 e. The van der Waals surface area contributed by atoms with E-state index < -0.39 is 11.1 Å².